The zero-order chi connectivity index (χ0) is 22.9. The summed E-state index contributed by atoms with van der Waals surface area (Å²) in [5.41, 5.74) is 5.36. The van der Waals surface area contributed by atoms with Crippen LogP contribution in [0.15, 0.2) is 48.5 Å². The zero-order valence-corrected chi connectivity index (χ0v) is 18.7. The summed E-state index contributed by atoms with van der Waals surface area (Å²) in [7, 11) is 4.90. The van der Waals surface area contributed by atoms with Gasteiger partial charge in [0.25, 0.3) is 0 Å². The molecule has 33 heavy (non-hydrogen) atoms. The molecule has 1 atom stereocenters. The number of fused-ring (bicyclic) bond motifs is 3. The average molecular weight is 444 g/mol. The predicted octanol–water partition coefficient (Wildman–Crippen LogP) is 3.87. The lowest BCUT2D eigenvalue weighted by atomic mass is 9.83. The van der Waals surface area contributed by atoms with Gasteiger partial charge in [0.2, 0.25) is 0 Å². The molecule has 0 saturated heterocycles. The van der Waals surface area contributed by atoms with Crippen LogP contribution in [-0.2, 0) is 17.8 Å². The Morgan fingerprint density at radius 1 is 0.909 bits per heavy atom. The van der Waals surface area contributed by atoms with E-state index < -0.39 is 0 Å². The van der Waals surface area contributed by atoms with Crippen LogP contribution in [0.25, 0.3) is 16.8 Å². The van der Waals surface area contributed by atoms with Crippen LogP contribution in [0, 0.1) is 0 Å². The maximum Gasteiger partial charge on any atom is 0.185 e. The maximum absolute atomic E-state index is 13.0. The molecule has 1 aliphatic rings. The van der Waals surface area contributed by atoms with E-state index >= 15 is 0 Å². The fraction of sp³-hybridized carbons (Fsp3) is 0.280. The van der Waals surface area contributed by atoms with Crippen LogP contribution < -0.4 is 9.47 Å². The van der Waals surface area contributed by atoms with Gasteiger partial charge in [0, 0.05) is 13.5 Å². The molecule has 168 valence electrons. The number of carbonyl (C=O) groups is 1. The second-order valence-electron chi connectivity index (χ2n) is 8.02. The lowest BCUT2D eigenvalue weighted by Crippen LogP contribution is -2.24. The molecule has 0 radical (unpaired) electrons. The number of hydrogen-bond acceptors (Lipinski definition) is 7. The lowest BCUT2D eigenvalue weighted by molar-refractivity contribution is 0.0955. The molecule has 2 heterocycles. The summed E-state index contributed by atoms with van der Waals surface area (Å²) in [4.78, 5) is 13.0. The summed E-state index contributed by atoms with van der Waals surface area (Å²) in [6, 6.07) is 15.6. The van der Waals surface area contributed by atoms with Crippen molar-refractivity contribution >= 4 is 11.4 Å². The number of rotatable bonds is 6. The molecular formula is C25H24N4O4. The molecule has 2 aromatic carbocycles. The summed E-state index contributed by atoms with van der Waals surface area (Å²) in [5, 5.41) is 13.6. The fourth-order valence-corrected chi connectivity index (χ4v) is 4.42. The van der Waals surface area contributed by atoms with E-state index in [1.807, 2.05) is 48.5 Å². The summed E-state index contributed by atoms with van der Waals surface area (Å²) in [5.74, 6) is 1.55. The fourth-order valence-electron chi connectivity index (χ4n) is 4.42. The first kappa shape index (κ1) is 21.1. The molecule has 4 aromatic rings. The molecule has 0 saturated carbocycles. The van der Waals surface area contributed by atoms with Gasteiger partial charge in [-0.2, -0.15) is 5.10 Å². The van der Waals surface area contributed by atoms with Gasteiger partial charge in [-0.3, -0.25) is 4.79 Å². The normalized spacial score (nSPS) is 15.5. The molecule has 0 spiro atoms. The van der Waals surface area contributed by atoms with Crippen molar-refractivity contribution in [2.75, 3.05) is 21.3 Å². The Balaban J connectivity index is 1.62. The molecule has 0 N–H and O–H groups in total. The number of aromatic nitrogens is 4. The van der Waals surface area contributed by atoms with Gasteiger partial charge in [0.15, 0.2) is 17.1 Å². The number of hydrogen-bond donors (Lipinski definition) is 0. The zero-order valence-electron chi connectivity index (χ0n) is 18.7. The van der Waals surface area contributed by atoms with Crippen LogP contribution in [0.3, 0.4) is 0 Å². The van der Waals surface area contributed by atoms with Crippen LogP contribution in [0.5, 0.6) is 11.5 Å². The lowest BCUT2D eigenvalue weighted by Gasteiger charge is -2.23. The highest BCUT2D eigenvalue weighted by atomic mass is 16.5. The largest absolute Gasteiger partial charge is 0.497 e. The Bertz CT molecular complexity index is 1310. The highest BCUT2D eigenvalue weighted by Crippen LogP contribution is 2.35. The minimum Gasteiger partial charge on any atom is -0.497 e. The van der Waals surface area contributed by atoms with Crippen molar-refractivity contribution in [2.24, 2.45) is 0 Å². The number of carbonyl (C=O) groups excluding carboxylic acids is 1. The van der Waals surface area contributed by atoms with Gasteiger partial charge in [-0.25, -0.2) is 4.52 Å². The molecule has 1 unspecified atom stereocenters. The maximum atomic E-state index is 13.0. The van der Waals surface area contributed by atoms with Crippen molar-refractivity contribution in [2.45, 2.75) is 25.4 Å². The summed E-state index contributed by atoms with van der Waals surface area (Å²) >= 11 is 0. The van der Waals surface area contributed by atoms with E-state index in [1.54, 1.807) is 25.8 Å². The second kappa shape index (κ2) is 8.63. The molecule has 0 aliphatic heterocycles. The van der Waals surface area contributed by atoms with Crippen molar-refractivity contribution in [3.05, 3.63) is 71.2 Å². The highest BCUT2D eigenvalue weighted by molar-refractivity contribution is 5.97. The van der Waals surface area contributed by atoms with Gasteiger partial charge in [0.1, 0.15) is 11.5 Å². The quantitative estimate of drug-likeness (QED) is 0.446. The van der Waals surface area contributed by atoms with Crippen LogP contribution in [0.4, 0.5) is 0 Å². The van der Waals surface area contributed by atoms with Gasteiger partial charge >= 0.3 is 0 Å². The van der Waals surface area contributed by atoms with Gasteiger partial charge < -0.3 is 14.2 Å². The Morgan fingerprint density at radius 2 is 1.58 bits per heavy atom. The van der Waals surface area contributed by atoms with E-state index in [4.69, 9.17) is 19.3 Å². The molecule has 0 fully saturated rings. The van der Waals surface area contributed by atoms with Crippen LogP contribution >= 0.6 is 0 Å². The number of benzene rings is 2. The molecule has 8 nitrogen and oxygen atoms in total. The van der Waals surface area contributed by atoms with Crippen LogP contribution in [-0.4, -0.2) is 46.9 Å². The van der Waals surface area contributed by atoms with Crippen molar-refractivity contribution in [1.29, 1.82) is 0 Å². The number of ketones is 1. The Labute approximate surface area is 191 Å². The third-order valence-corrected chi connectivity index (χ3v) is 6.09. The molecule has 1 aliphatic carbocycles. The average Bonchev–Trinajstić information content (AvgIpc) is 3.23. The third-order valence-electron chi connectivity index (χ3n) is 6.09. The molecule has 5 rings (SSSR count). The first-order valence-corrected chi connectivity index (χ1v) is 10.7. The first-order chi connectivity index (χ1) is 16.1. The molecule has 0 amide bonds. The minimum atomic E-state index is -0.0266. The topological polar surface area (TPSA) is 87.8 Å². The Morgan fingerprint density at radius 3 is 2.21 bits per heavy atom. The monoisotopic (exact) mass is 444 g/mol. The van der Waals surface area contributed by atoms with E-state index in [-0.39, 0.29) is 11.7 Å². The van der Waals surface area contributed by atoms with Gasteiger partial charge in [-0.1, -0.05) is 24.3 Å². The second-order valence-corrected chi connectivity index (χ2v) is 8.02. The van der Waals surface area contributed by atoms with E-state index in [9.17, 15) is 4.79 Å². The summed E-state index contributed by atoms with van der Waals surface area (Å²) in [6.45, 7) is 0.315. The smallest absolute Gasteiger partial charge is 0.185 e. The van der Waals surface area contributed by atoms with E-state index in [1.165, 1.54) is 0 Å². The number of ether oxygens (including phenoxy) is 3. The number of Topliss-reactive ketones (excluding diaryl/α,β-unsaturated/α-hetero) is 1. The van der Waals surface area contributed by atoms with E-state index in [0.717, 1.165) is 39.6 Å². The molecule has 8 heteroatoms. The molecular weight excluding hydrogens is 420 g/mol. The van der Waals surface area contributed by atoms with Crippen LogP contribution in [0.2, 0.25) is 0 Å². The van der Waals surface area contributed by atoms with Crippen molar-refractivity contribution in [1.82, 2.24) is 19.8 Å². The Hall–Kier alpha value is -3.78. The van der Waals surface area contributed by atoms with E-state index in [0.29, 0.717) is 30.8 Å². The summed E-state index contributed by atoms with van der Waals surface area (Å²) in [6.07, 6.45) is 1.02. The van der Waals surface area contributed by atoms with Crippen molar-refractivity contribution in [3.63, 3.8) is 0 Å². The third kappa shape index (κ3) is 3.72. The number of methoxy groups -OCH3 is 3. The van der Waals surface area contributed by atoms with Crippen LogP contribution in [0.1, 0.15) is 39.8 Å². The van der Waals surface area contributed by atoms with Crippen molar-refractivity contribution in [3.8, 4) is 22.6 Å². The molecule has 2 aromatic heterocycles. The number of nitrogens with zero attached hydrogens (tertiary/aromatic N) is 4. The standard InChI is InChI=1S/C25H24N4O4/c1-31-14-20-23(16-6-10-19(33-3)11-7-16)25-27-26-24-21(29(25)28-20)12-17(13-22(24)30)15-4-8-18(32-2)9-5-15/h4-11,17H,12-14H2,1-3H3. The highest BCUT2D eigenvalue weighted by Gasteiger charge is 2.32. The van der Waals surface area contributed by atoms with Gasteiger partial charge in [-0.05, 0) is 47.7 Å². The first-order valence-electron chi connectivity index (χ1n) is 10.7. The predicted molar refractivity (Wildman–Crippen MR) is 122 cm³/mol. The molecule has 0 bridgehead atoms. The van der Waals surface area contributed by atoms with E-state index in [2.05, 4.69) is 10.2 Å². The Kier molecular flexibility index (Phi) is 5.51. The SMILES string of the molecule is COCc1nn2c3c(nnc2c1-c1ccc(OC)cc1)C(=O)CC(c1ccc(OC)cc1)C3. The van der Waals surface area contributed by atoms with Gasteiger partial charge in [0.05, 0.1) is 37.8 Å². The van der Waals surface area contributed by atoms with Gasteiger partial charge in [-0.15, -0.1) is 10.2 Å². The summed E-state index contributed by atoms with van der Waals surface area (Å²) < 4.78 is 17.7. The van der Waals surface area contributed by atoms with Crippen molar-refractivity contribution < 1.29 is 19.0 Å². The minimum absolute atomic E-state index is 0.0266.